The summed E-state index contributed by atoms with van der Waals surface area (Å²) in [6, 6.07) is -9.92. The zero-order valence-corrected chi connectivity index (χ0v) is 71.8. The van der Waals surface area contributed by atoms with Crippen molar-refractivity contribution in [3.63, 3.8) is 0 Å². The molecule has 0 aliphatic heterocycles. The van der Waals surface area contributed by atoms with E-state index in [-0.39, 0.29) is 115 Å². The third-order valence-electron chi connectivity index (χ3n) is 17.1. The number of allylic oxidation sites excluding steroid dienone is 4. The van der Waals surface area contributed by atoms with Crippen molar-refractivity contribution < 1.29 is 123 Å². The molecule has 680 valence electrons. The minimum Gasteiger partial charge on any atom is -0.494 e. The molecule has 0 aliphatic carbocycles. The van der Waals surface area contributed by atoms with Crippen molar-refractivity contribution in [1.82, 2.24) is 39.5 Å². The molecule has 0 unspecified atom stereocenters. The van der Waals surface area contributed by atoms with Gasteiger partial charge < -0.3 is 59.8 Å². The largest absolute Gasteiger partial charge is 0.494 e. The summed E-state index contributed by atoms with van der Waals surface area (Å²) in [6.45, 7) is -14.7. The highest BCUT2D eigenvalue weighted by atomic mass is 19.1. The second-order valence-corrected chi connectivity index (χ2v) is 27.2. The summed E-state index contributed by atoms with van der Waals surface area (Å²) in [5.41, 5.74) is -9.97. The molecule has 0 atom stereocenters. The van der Waals surface area contributed by atoms with Crippen molar-refractivity contribution in [2.24, 2.45) is 0 Å². The summed E-state index contributed by atoms with van der Waals surface area (Å²) in [6.07, 6.45) is -2.54. The lowest BCUT2D eigenvalue weighted by Gasteiger charge is -2.15. The first-order valence-corrected chi connectivity index (χ1v) is 38.6. The first-order valence-electron chi connectivity index (χ1n) is 63.1. The number of ketones is 4. The topological polar surface area (TPSA) is 313 Å². The fourth-order valence-corrected chi connectivity index (χ4v) is 11.1. The van der Waals surface area contributed by atoms with Crippen molar-refractivity contribution in [3.8, 4) is 47.3 Å². The maximum absolute atomic E-state index is 14.4. The molecule has 24 nitrogen and oxygen atoms in total. The SMILES string of the molecule is [2H]/C(=C\C([2H])([2H])N(C)C([2H])([2H])[2H])C(=O)Cc1c(OCC)c([2H])c2nc([2H])c(C#N)c(Nc3c([2H])c([2H])c(F)c(C)c3[2H])c2c1[2H].[2H]/C(=C\CN(C)C([2H])([2H])[2H])C(=O)Cc1c(OC([2H])([2H])C([2H])([2H])[2H])c([2H])c2nc([2H])c(C#N)c(Nc3c([2H])c([2H])c(F)c(C)c3[2H])c2c1[2H].[2H]/C(=C\CN(C)C([2H])([2H])[2H])C(=O)Cc1c(OC([2H])([2H])C)c([2H])c2nc([2H])c(C#N)c(Nc3c([2H])c([2H])c(F)c(C)c3[2H])c2c1[2H].[2H]/C(=C\CN(C)C([2H])([2H])[2H])C(=O)Cc1c(OCC)c([2H])c2nc([2H])c(C#N)c(Nc3c([2H])c([2H])c(F)c(C)c3[2H])c2c1[2H]. The molecule has 8 aromatic carbocycles. The maximum Gasteiger partial charge on any atom is 0.159 e. The number of ether oxygens (including phenoxy) is 4. The highest BCUT2D eigenvalue weighted by molar-refractivity contribution is 6.03. The molecule has 12 rings (SSSR count). The van der Waals surface area contributed by atoms with Crippen LogP contribution >= 0.6 is 0 Å². The van der Waals surface area contributed by atoms with Gasteiger partial charge in [0.2, 0.25) is 0 Å². The molecule has 0 radical (unpaired) electrons. The van der Waals surface area contributed by atoms with E-state index in [1.54, 1.807) is 38.1 Å². The van der Waals surface area contributed by atoms with Crippen LogP contribution in [0.15, 0.2) is 194 Å². The van der Waals surface area contributed by atoms with Crippen LogP contribution in [0.1, 0.15) is 162 Å². The minimum atomic E-state index is -3.52. The van der Waals surface area contributed by atoms with Gasteiger partial charge in [-0.2, -0.15) is 21.0 Å². The molecular weight excluding hydrogens is 1680 g/mol. The van der Waals surface area contributed by atoms with Gasteiger partial charge in [0.1, 0.15) is 70.5 Å². The number of nitrogens with one attached hydrogen (secondary N) is 4. The fraction of sp³-hybridized carbons (Fsp3) is 0.269. The Bertz CT molecular complexity index is 9120. The number of hydrogen-bond donors (Lipinski definition) is 4. The molecule has 4 heterocycles. The molecular formula is C104H108F4N16O8. The molecule has 4 aromatic heterocycles. The molecule has 0 aliphatic rings. The second kappa shape index (κ2) is 48.9. The Morgan fingerprint density at radius 2 is 0.652 bits per heavy atom. The van der Waals surface area contributed by atoms with Crippen molar-refractivity contribution in [2.45, 2.75) is 81.0 Å². The number of nitrogens with zero attached hydrogens (tertiary/aromatic N) is 12. The van der Waals surface area contributed by atoms with Crippen molar-refractivity contribution in [2.75, 3.05) is 130 Å². The van der Waals surface area contributed by atoms with Gasteiger partial charge in [0.15, 0.2) is 23.1 Å². The summed E-state index contributed by atoms with van der Waals surface area (Å²) >= 11 is 0. The monoisotopic (exact) mass is 1830 g/mol. The minimum absolute atomic E-state index is 0.00558. The van der Waals surface area contributed by atoms with Crippen LogP contribution in [0.5, 0.6) is 23.0 Å². The Hall–Kier alpha value is -15.0. The number of fused-ring (bicyclic) bond motifs is 4. The van der Waals surface area contributed by atoms with Crippen LogP contribution in [-0.2, 0) is 44.9 Å². The molecule has 4 N–H and O–H groups in total. The Kier molecular flexibility index (Phi) is 19.3. The lowest BCUT2D eigenvalue weighted by atomic mass is 10.0. The number of likely N-dealkylation sites (N-methyl/N-ethyl adjacent to an activating group) is 4. The van der Waals surface area contributed by atoms with Gasteiger partial charge in [-0.3, -0.25) is 39.1 Å². The molecule has 28 heteroatoms. The smallest absolute Gasteiger partial charge is 0.159 e. The van der Waals surface area contributed by atoms with Crippen LogP contribution in [0.2, 0.25) is 0 Å². The van der Waals surface area contributed by atoms with Crippen molar-refractivity contribution in [3.05, 3.63) is 284 Å². The zero-order chi connectivity index (χ0) is 138. The Morgan fingerprint density at radius 3 is 0.894 bits per heavy atom. The summed E-state index contributed by atoms with van der Waals surface area (Å²) in [4.78, 5) is 71.3. The van der Waals surface area contributed by atoms with Gasteiger partial charge in [0, 0.05) is 191 Å². The highest BCUT2D eigenvalue weighted by Crippen LogP contribution is 2.40. The van der Waals surface area contributed by atoms with Gasteiger partial charge in [-0.05, 0) is 255 Å². The lowest BCUT2D eigenvalue weighted by Crippen LogP contribution is -2.11. The number of benzene rings is 8. The van der Waals surface area contributed by atoms with E-state index in [1.165, 1.54) is 41.9 Å². The summed E-state index contributed by atoms with van der Waals surface area (Å²) in [5, 5.41) is 48.5. The normalized spacial score (nSPS) is 17.6. The van der Waals surface area contributed by atoms with E-state index in [9.17, 15) is 57.8 Å². The van der Waals surface area contributed by atoms with E-state index in [4.69, 9.17) is 86.1 Å². The number of anilines is 8. The first kappa shape index (κ1) is 52.0. The van der Waals surface area contributed by atoms with Gasteiger partial charge in [0.05, 0.1) is 137 Å². The zero-order valence-electron chi connectivity index (χ0n) is 121. The molecule has 0 fully saturated rings. The third-order valence-corrected chi connectivity index (χ3v) is 17.1. The van der Waals surface area contributed by atoms with E-state index in [0.717, 1.165) is 53.8 Å². The van der Waals surface area contributed by atoms with Crippen LogP contribution in [-0.4, -0.2) is 171 Å². The molecule has 0 spiro atoms. The number of carbonyl (C=O) groups excluding carboxylic acids is 4. The number of rotatable bonds is 36. The van der Waals surface area contributed by atoms with Crippen LogP contribution in [0.25, 0.3) is 43.6 Å². The van der Waals surface area contributed by atoms with Crippen molar-refractivity contribution >= 4 is 112 Å². The standard InChI is InChI=1S/4C26H27FN4O2/c4*1-5-33-25-14-24-22(13-18(25)12-21(32)7-6-10-31(3)4)26(19(15-28)16-29-24)30-20-8-9-23(27)17(2)11-20/h4*6-9,11,13-14,16H,5,10,12H2,1-4H3,(H,29,30)/b4*7-6+/i1D3,3D3,5D2,7D,8D,9D,11D,13D,14D,16D;3D3,7D,8D,9D,10D2,11D,13D,14D,16D;3D3,5D2,7D,8D,9D,11D,13D,14D,16D;3D3,7D,8D,9D,11D,13D,14D,16D. The summed E-state index contributed by atoms with van der Waals surface area (Å²) < 4.78 is 473. The number of halogens is 4. The fourth-order valence-electron chi connectivity index (χ4n) is 11.1. The van der Waals surface area contributed by atoms with Crippen LogP contribution in [0, 0.1) is 96.3 Å². The lowest BCUT2D eigenvalue weighted by molar-refractivity contribution is -0.114. The number of nitriles is 4. The van der Waals surface area contributed by atoms with E-state index in [0.29, 0.717) is 11.0 Å². The molecule has 0 amide bonds. The predicted octanol–water partition coefficient (Wildman–Crippen LogP) is 19.7. The van der Waals surface area contributed by atoms with E-state index < -0.39 is 392 Å². The van der Waals surface area contributed by atoms with Gasteiger partial charge in [-0.1, -0.05) is 24.3 Å². The average Bonchev–Trinajstić information content (AvgIpc) is 0.736. The Balaban J connectivity index is 0.000000263. The Labute approximate surface area is 836 Å². The first-order chi connectivity index (χ1) is 83.2. The van der Waals surface area contributed by atoms with E-state index in [2.05, 4.69) is 41.2 Å². The average molecular weight is 1840 g/mol. The highest BCUT2D eigenvalue weighted by Gasteiger charge is 2.23. The van der Waals surface area contributed by atoms with Gasteiger partial charge >= 0.3 is 0 Å². The third kappa shape index (κ3) is 28.5. The quantitative estimate of drug-likeness (QED) is 0.0209. The number of pyridine rings is 4. The van der Waals surface area contributed by atoms with Gasteiger partial charge in [-0.15, -0.1) is 0 Å². The predicted molar refractivity (Wildman–Crippen MR) is 514 cm³/mol. The van der Waals surface area contributed by atoms with Crippen LogP contribution < -0.4 is 40.2 Å². The molecule has 0 saturated heterocycles. The number of aromatic nitrogens is 4. The second-order valence-electron chi connectivity index (χ2n) is 27.2. The molecule has 132 heavy (non-hydrogen) atoms. The van der Waals surface area contributed by atoms with Gasteiger partial charge in [0.25, 0.3) is 0 Å². The van der Waals surface area contributed by atoms with Crippen LogP contribution in [0.3, 0.4) is 0 Å². The van der Waals surface area contributed by atoms with Crippen LogP contribution in [0.4, 0.5) is 63.1 Å². The molecule has 12 aromatic rings. The number of hydrogen-bond acceptors (Lipinski definition) is 24. The summed E-state index contributed by atoms with van der Waals surface area (Å²) in [7, 11) is 4.68. The number of carbonyl (C=O) groups is 4. The summed E-state index contributed by atoms with van der Waals surface area (Å²) in [5.74, 6) is -10.6. The van der Waals surface area contributed by atoms with Crippen molar-refractivity contribution in [1.29, 1.82) is 21.0 Å². The maximum atomic E-state index is 14.4. The molecule has 0 bridgehead atoms. The molecule has 0 saturated carbocycles. The van der Waals surface area contributed by atoms with E-state index in [1.807, 2.05) is 0 Å². The van der Waals surface area contributed by atoms with E-state index >= 15 is 0 Å². The van der Waals surface area contributed by atoms with Gasteiger partial charge in [-0.25, -0.2) is 17.6 Å². The Morgan fingerprint density at radius 1 is 0.394 bits per heavy atom.